The van der Waals surface area contributed by atoms with Gasteiger partial charge in [0.15, 0.2) is 0 Å². The van der Waals surface area contributed by atoms with Crippen LogP contribution in [0.2, 0.25) is 0 Å². The minimum atomic E-state index is -0.447. The van der Waals surface area contributed by atoms with Gasteiger partial charge in [-0.15, -0.1) is 0 Å². The van der Waals surface area contributed by atoms with E-state index in [9.17, 15) is 14.0 Å². The number of likely N-dealkylation sites (N-methyl/N-ethyl adjacent to an activating group) is 1. The average Bonchev–Trinajstić information content (AvgIpc) is 2.99. The van der Waals surface area contributed by atoms with Crippen LogP contribution in [0, 0.1) is 5.82 Å². The zero-order valence-electron chi connectivity index (χ0n) is 15.5. The van der Waals surface area contributed by atoms with Crippen LogP contribution in [0.4, 0.5) is 15.8 Å². The lowest BCUT2D eigenvalue weighted by atomic mass is 10.0. The minimum absolute atomic E-state index is 0.237. The number of para-hydroxylation sites is 1. The van der Waals surface area contributed by atoms with Crippen molar-refractivity contribution in [3.05, 3.63) is 100 Å². The molecule has 0 radical (unpaired) electrons. The molecule has 0 saturated heterocycles. The number of carbonyl (C=O) groups is 2. The van der Waals surface area contributed by atoms with Crippen LogP contribution in [-0.2, 0) is 9.59 Å². The number of halogens is 2. The van der Waals surface area contributed by atoms with Crippen molar-refractivity contribution in [1.29, 1.82) is 0 Å². The highest BCUT2D eigenvalue weighted by molar-refractivity contribution is 9.10. The second-order valence-electron chi connectivity index (χ2n) is 6.55. The van der Waals surface area contributed by atoms with E-state index < -0.39 is 17.6 Å². The SMILES string of the molecule is CN(C1=C(c2ccc(F)cc2)C(=O)N(c2cccc(Br)c2)C1=O)c1ccccc1. The third kappa shape index (κ3) is 3.47. The number of hydrogen-bond acceptors (Lipinski definition) is 3. The Balaban J connectivity index is 1.88. The van der Waals surface area contributed by atoms with Gasteiger partial charge in [-0.2, -0.15) is 0 Å². The van der Waals surface area contributed by atoms with Crippen molar-refractivity contribution in [2.75, 3.05) is 16.8 Å². The highest BCUT2D eigenvalue weighted by Crippen LogP contribution is 2.36. The largest absolute Gasteiger partial charge is 0.339 e. The second kappa shape index (κ2) is 7.64. The molecular weight excluding hydrogens is 435 g/mol. The highest BCUT2D eigenvalue weighted by atomic mass is 79.9. The Morgan fingerprint density at radius 1 is 0.862 bits per heavy atom. The van der Waals surface area contributed by atoms with Crippen molar-refractivity contribution < 1.29 is 14.0 Å². The number of rotatable bonds is 4. The summed E-state index contributed by atoms with van der Waals surface area (Å²) in [5, 5.41) is 0. The van der Waals surface area contributed by atoms with Gasteiger partial charge in [-0.05, 0) is 48.0 Å². The number of anilines is 2. The lowest BCUT2D eigenvalue weighted by Crippen LogP contribution is -2.34. The van der Waals surface area contributed by atoms with Gasteiger partial charge in [0.25, 0.3) is 11.8 Å². The summed E-state index contributed by atoms with van der Waals surface area (Å²) in [6, 6.07) is 21.9. The third-order valence-corrected chi connectivity index (χ3v) is 5.23. The normalized spacial score (nSPS) is 14.0. The van der Waals surface area contributed by atoms with E-state index in [1.54, 1.807) is 30.1 Å². The van der Waals surface area contributed by atoms with E-state index in [1.807, 2.05) is 36.4 Å². The number of hydrogen-bond donors (Lipinski definition) is 0. The van der Waals surface area contributed by atoms with Gasteiger partial charge < -0.3 is 4.90 Å². The molecule has 0 spiro atoms. The first-order chi connectivity index (χ1) is 14.0. The van der Waals surface area contributed by atoms with Crippen LogP contribution < -0.4 is 9.80 Å². The van der Waals surface area contributed by atoms with E-state index in [4.69, 9.17) is 0 Å². The lowest BCUT2D eigenvalue weighted by Gasteiger charge is -2.21. The van der Waals surface area contributed by atoms with Crippen LogP contribution >= 0.6 is 15.9 Å². The fourth-order valence-electron chi connectivity index (χ4n) is 3.34. The van der Waals surface area contributed by atoms with Crippen molar-refractivity contribution in [2.24, 2.45) is 0 Å². The molecule has 0 bridgehead atoms. The number of nitrogens with zero attached hydrogens (tertiary/aromatic N) is 2. The molecule has 1 aliphatic heterocycles. The van der Waals surface area contributed by atoms with Crippen LogP contribution in [0.1, 0.15) is 5.56 Å². The van der Waals surface area contributed by atoms with Gasteiger partial charge in [0, 0.05) is 17.2 Å². The van der Waals surface area contributed by atoms with E-state index in [0.29, 0.717) is 11.3 Å². The molecule has 6 heteroatoms. The molecule has 0 unspecified atom stereocenters. The molecule has 0 fully saturated rings. The van der Waals surface area contributed by atoms with Gasteiger partial charge in [0.05, 0.1) is 11.3 Å². The fraction of sp³-hybridized carbons (Fsp3) is 0.0435. The Labute approximate surface area is 176 Å². The smallest absolute Gasteiger partial charge is 0.282 e. The van der Waals surface area contributed by atoms with E-state index in [1.165, 1.54) is 24.3 Å². The Morgan fingerprint density at radius 2 is 1.55 bits per heavy atom. The van der Waals surface area contributed by atoms with Gasteiger partial charge in [0.2, 0.25) is 0 Å². The van der Waals surface area contributed by atoms with Crippen molar-refractivity contribution in [1.82, 2.24) is 0 Å². The molecule has 3 aromatic rings. The highest BCUT2D eigenvalue weighted by Gasteiger charge is 2.42. The lowest BCUT2D eigenvalue weighted by molar-refractivity contribution is -0.120. The van der Waals surface area contributed by atoms with Crippen LogP contribution in [0.25, 0.3) is 5.57 Å². The van der Waals surface area contributed by atoms with Gasteiger partial charge in [0.1, 0.15) is 11.5 Å². The first-order valence-electron chi connectivity index (χ1n) is 8.90. The van der Waals surface area contributed by atoms with Crippen LogP contribution in [0.5, 0.6) is 0 Å². The van der Waals surface area contributed by atoms with E-state index in [-0.39, 0.29) is 11.3 Å². The predicted octanol–water partition coefficient (Wildman–Crippen LogP) is 5.01. The van der Waals surface area contributed by atoms with Crippen LogP contribution in [0.15, 0.2) is 89.0 Å². The van der Waals surface area contributed by atoms with E-state index in [2.05, 4.69) is 15.9 Å². The molecule has 4 nitrogen and oxygen atoms in total. The summed E-state index contributed by atoms with van der Waals surface area (Å²) in [4.78, 5) is 29.6. The third-order valence-electron chi connectivity index (χ3n) is 4.74. The second-order valence-corrected chi connectivity index (χ2v) is 7.47. The molecule has 29 heavy (non-hydrogen) atoms. The molecule has 0 N–H and O–H groups in total. The number of imide groups is 1. The van der Waals surface area contributed by atoms with Crippen molar-refractivity contribution >= 4 is 44.7 Å². The van der Waals surface area contributed by atoms with Gasteiger partial charge >= 0.3 is 0 Å². The first kappa shape index (κ1) is 19.1. The molecule has 0 aliphatic carbocycles. The maximum absolute atomic E-state index is 13.5. The average molecular weight is 451 g/mol. The zero-order valence-corrected chi connectivity index (χ0v) is 17.1. The van der Waals surface area contributed by atoms with Gasteiger partial charge in [-0.1, -0.05) is 52.3 Å². The Morgan fingerprint density at radius 3 is 2.21 bits per heavy atom. The van der Waals surface area contributed by atoms with Crippen LogP contribution in [0.3, 0.4) is 0 Å². The van der Waals surface area contributed by atoms with Crippen molar-refractivity contribution in [3.8, 4) is 0 Å². The van der Waals surface area contributed by atoms with Crippen molar-refractivity contribution in [3.63, 3.8) is 0 Å². The predicted molar refractivity (Wildman–Crippen MR) is 115 cm³/mol. The number of benzene rings is 3. The topological polar surface area (TPSA) is 40.6 Å². The fourth-order valence-corrected chi connectivity index (χ4v) is 3.72. The maximum Gasteiger partial charge on any atom is 0.282 e. The maximum atomic E-state index is 13.5. The monoisotopic (exact) mass is 450 g/mol. The summed E-state index contributed by atoms with van der Waals surface area (Å²) >= 11 is 3.38. The molecular formula is C23H16BrFN2O2. The Hall–Kier alpha value is -3.25. The number of carbonyl (C=O) groups excluding carboxylic acids is 2. The summed E-state index contributed by atoms with van der Waals surface area (Å²) in [6.45, 7) is 0. The molecule has 0 aromatic heterocycles. The molecule has 2 amide bonds. The Kier molecular flexibility index (Phi) is 5.03. The first-order valence-corrected chi connectivity index (χ1v) is 9.70. The molecule has 1 heterocycles. The quantitative estimate of drug-likeness (QED) is 0.524. The minimum Gasteiger partial charge on any atom is -0.339 e. The molecule has 0 atom stereocenters. The van der Waals surface area contributed by atoms with Gasteiger partial charge in [-0.25, -0.2) is 9.29 Å². The zero-order chi connectivity index (χ0) is 20.5. The molecule has 1 aliphatic rings. The van der Waals surface area contributed by atoms with Crippen molar-refractivity contribution in [2.45, 2.75) is 0 Å². The molecule has 144 valence electrons. The summed E-state index contributed by atoms with van der Waals surface area (Å²) in [7, 11) is 1.74. The summed E-state index contributed by atoms with van der Waals surface area (Å²) in [6.07, 6.45) is 0. The van der Waals surface area contributed by atoms with Gasteiger partial charge in [-0.3, -0.25) is 9.59 Å². The molecule has 0 saturated carbocycles. The van der Waals surface area contributed by atoms with Crippen LogP contribution in [-0.4, -0.2) is 18.9 Å². The van der Waals surface area contributed by atoms with E-state index >= 15 is 0 Å². The summed E-state index contributed by atoms with van der Waals surface area (Å²) in [5.74, 6) is -1.29. The number of amides is 2. The van der Waals surface area contributed by atoms with E-state index in [0.717, 1.165) is 15.1 Å². The standard InChI is InChI=1S/C23H16BrFN2O2/c1-26(18-7-3-2-4-8-18)21-20(15-10-12-17(25)13-11-15)22(28)27(23(21)29)19-9-5-6-16(24)14-19/h2-14H,1H3. The molecule has 4 rings (SSSR count). The Bertz CT molecular complexity index is 1130. The molecule has 3 aromatic carbocycles. The summed E-state index contributed by atoms with van der Waals surface area (Å²) in [5.41, 5.74) is 2.19. The summed E-state index contributed by atoms with van der Waals surface area (Å²) < 4.78 is 14.2.